The standard InChI is InChI=1S/C19H18ClN7O/c1-21-18-25-16(14-6-3-7-15(20)24-14)26-19(27-18)23-13-5-2-4-11(10-13)17(28)22-12-8-9-12/h2-7,10,12H,8-9H2,1H3,(H,22,28)(H2,21,23,25,26,27). The van der Waals surface area contributed by atoms with Gasteiger partial charge in [-0.3, -0.25) is 4.79 Å². The number of halogens is 1. The van der Waals surface area contributed by atoms with Crippen molar-refractivity contribution in [3.8, 4) is 11.5 Å². The molecule has 4 rings (SSSR count). The van der Waals surface area contributed by atoms with E-state index in [9.17, 15) is 4.79 Å². The molecule has 0 saturated heterocycles. The first kappa shape index (κ1) is 18.1. The van der Waals surface area contributed by atoms with Crippen molar-refractivity contribution in [1.82, 2.24) is 25.3 Å². The Kier molecular flexibility index (Phi) is 5.03. The molecule has 1 saturated carbocycles. The summed E-state index contributed by atoms with van der Waals surface area (Å²) in [6, 6.07) is 12.7. The Morgan fingerprint density at radius 1 is 1.04 bits per heavy atom. The highest BCUT2D eigenvalue weighted by atomic mass is 35.5. The van der Waals surface area contributed by atoms with Gasteiger partial charge in [0.15, 0.2) is 5.82 Å². The van der Waals surface area contributed by atoms with Crippen LogP contribution in [0.1, 0.15) is 23.2 Å². The van der Waals surface area contributed by atoms with Crippen LogP contribution in [0, 0.1) is 0 Å². The molecule has 0 unspecified atom stereocenters. The number of aromatic nitrogens is 4. The second kappa shape index (κ2) is 7.77. The molecule has 1 amide bonds. The van der Waals surface area contributed by atoms with Crippen LogP contribution in [0.25, 0.3) is 11.5 Å². The zero-order valence-corrected chi connectivity index (χ0v) is 15.9. The molecule has 0 spiro atoms. The predicted molar refractivity (Wildman–Crippen MR) is 108 cm³/mol. The maximum atomic E-state index is 12.3. The van der Waals surface area contributed by atoms with Gasteiger partial charge in [0, 0.05) is 24.3 Å². The van der Waals surface area contributed by atoms with E-state index >= 15 is 0 Å². The quantitative estimate of drug-likeness (QED) is 0.550. The van der Waals surface area contributed by atoms with E-state index < -0.39 is 0 Å². The Labute approximate surface area is 166 Å². The van der Waals surface area contributed by atoms with Crippen molar-refractivity contribution >= 4 is 35.1 Å². The smallest absolute Gasteiger partial charge is 0.251 e. The minimum atomic E-state index is -0.0819. The highest BCUT2D eigenvalue weighted by Gasteiger charge is 2.23. The van der Waals surface area contributed by atoms with Crippen molar-refractivity contribution in [3.05, 3.63) is 53.2 Å². The molecule has 3 aromatic rings. The van der Waals surface area contributed by atoms with Crippen molar-refractivity contribution in [1.29, 1.82) is 0 Å². The lowest BCUT2D eigenvalue weighted by atomic mass is 10.2. The zero-order valence-electron chi connectivity index (χ0n) is 15.1. The first-order valence-electron chi connectivity index (χ1n) is 8.85. The third kappa shape index (κ3) is 4.34. The van der Waals surface area contributed by atoms with Gasteiger partial charge in [0.25, 0.3) is 5.91 Å². The Hall–Kier alpha value is -3.26. The number of rotatable bonds is 6. The van der Waals surface area contributed by atoms with Gasteiger partial charge >= 0.3 is 0 Å². The summed E-state index contributed by atoms with van der Waals surface area (Å²) < 4.78 is 0. The van der Waals surface area contributed by atoms with Gasteiger partial charge in [0.1, 0.15) is 10.8 Å². The molecule has 142 valence electrons. The van der Waals surface area contributed by atoms with Crippen LogP contribution in [0.2, 0.25) is 5.15 Å². The van der Waals surface area contributed by atoms with Crippen molar-refractivity contribution in [2.75, 3.05) is 17.7 Å². The molecule has 28 heavy (non-hydrogen) atoms. The molecule has 0 atom stereocenters. The van der Waals surface area contributed by atoms with E-state index in [-0.39, 0.29) is 5.91 Å². The average Bonchev–Trinajstić information content (AvgIpc) is 3.52. The molecule has 1 aromatic carbocycles. The van der Waals surface area contributed by atoms with Crippen LogP contribution in [0.5, 0.6) is 0 Å². The second-order valence-electron chi connectivity index (χ2n) is 6.36. The predicted octanol–water partition coefficient (Wildman–Crippen LogP) is 3.26. The Bertz CT molecular complexity index is 1020. The van der Waals surface area contributed by atoms with Gasteiger partial charge in [-0.25, -0.2) is 4.98 Å². The van der Waals surface area contributed by atoms with Crippen molar-refractivity contribution < 1.29 is 4.79 Å². The molecule has 0 radical (unpaired) electrons. The second-order valence-corrected chi connectivity index (χ2v) is 6.74. The number of pyridine rings is 1. The maximum Gasteiger partial charge on any atom is 0.251 e. The van der Waals surface area contributed by atoms with Gasteiger partial charge in [0.05, 0.1) is 0 Å². The van der Waals surface area contributed by atoms with Gasteiger partial charge in [-0.15, -0.1) is 0 Å². The van der Waals surface area contributed by atoms with E-state index in [0.29, 0.717) is 45.9 Å². The minimum absolute atomic E-state index is 0.0819. The molecule has 9 heteroatoms. The minimum Gasteiger partial charge on any atom is -0.357 e. The Morgan fingerprint density at radius 3 is 2.57 bits per heavy atom. The number of anilines is 3. The highest BCUT2D eigenvalue weighted by molar-refractivity contribution is 6.29. The third-order valence-corrected chi connectivity index (χ3v) is 4.31. The molecule has 1 fully saturated rings. The first-order chi connectivity index (χ1) is 13.6. The lowest BCUT2D eigenvalue weighted by Gasteiger charge is -2.10. The van der Waals surface area contributed by atoms with Gasteiger partial charge < -0.3 is 16.0 Å². The molecule has 2 aromatic heterocycles. The van der Waals surface area contributed by atoms with Crippen molar-refractivity contribution in [2.45, 2.75) is 18.9 Å². The van der Waals surface area contributed by atoms with Crippen molar-refractivity contribution in [2.24, 2.45) is 0 Å². The first-order valence-corrected chi connectivity index (χ1v) is 9.23. The molecule has 8 nitrogen and oxygen atoms in total. The number of nitrogens with zero attached hydrogens (tertiary/aromatic N) is 4. The van der Waals surface area contributed by atoms with Gasteiger partial charge in [-0.05, 0) is 43.2 Å². The van der Waals surface area contributed by atoms with Crippen molar-refractivity contribution in [3.63, 3.8) is 0 Å². The lowest BCUT2D eigenvalue weighted by Crippen LogP contribution is -2.25. The monoisotopic (exact) mass is 395 g/mol. The fraction of sp³-hybridized carbons (Fsp3) is 0.211. The molecular weight excluding hydrogens is 378 g/mol. The topological polar surface area (TPSA) is 105 Å². The largest absolute Gasteiger partial charge is 0.357 e. The summed E-state index contributed by atoms with van der Waals surface area (Å²) in [5.74, 6) is 1.02. The van der Waals surface area contributed by atoms with E-state index in [4.69, 9.17) is 11.6 Å². The number of nitrogens with one attached hydrogen (secondary N) is 3. The summed E-state index contributed by atoms with van der Waals surface area (Å²) in [4.78, 5) is 29.6. The highest BCUT2D eigenvalue weighted by Crippen LogP contribution is 2.22. The van der Waals surface area contributed by atoms with E-state index in [1.165, 1.54) is 0 Å². The summed E-state index contributed by atoms with van der Waals surface area (Å²) in [5, 5.41) is 9.36. The van der Waals surface area contributed by atoms with Crippen LogP contribution in [-0.4, -0.2) is 38.9 Å². The summed E-state index contributed by atoms with van der Waals surface area (Å²) in [7, 11) is 1.72. The molecule has 0 bridgehead atoms. The summed E-state index contributed by atoms with van der Waals surface area (Å²) >= 11 is 5.97. The van der Waals surface area contributed by atoms with Gasteiger partial charge in [-0.1, -0.05) is 23.7 Å². The number of amides is 1. The van der Waals surface area contributed by atoms with E-state index in [1.807, 2.05) is 12.1 Å². The SMILES string of the molecule is CNc1nc(Nc2cccc(C(=O)NC3CC3)c2)nc(-c2cccc(Cl)n2)n1. The fourth-order valence-electron chi connectivity index (χ4n) is 2.55. The lowest BCUT2D eigenvalue weighted by molar-refractivity contribution is 0.0951. The summed E-state index contributed by atoms with van der Waals surface area (Å²) in [6.45, 7) is 0. The maximum absolute atomic E-state index is 12.3. The van der Waals surface area contributed by atoms with Crippen LogP contribution in [0.15, 0.2) is 42.5 Å². The van der Waals surface area contributed by atoms with Crippen LogP contribution in [0.3, 0.4) is 0 Å². The number of carbonyl (C=O) groups excluding carboxylic acids is 1. The molecule has 0 aliphatic heterocycles. The summed E-state index contributed by atoms with van der Waals surface area (Å²) in [6.07, 6.45) is 2.09. The number of carbonyl (C=O) groups is 1. The fourth-order valence-corrected chi connectivity index (χ4v) is 2.72. The number of hydrogen-bond donors (Lipinski definition) is 3. The average molecular weight is 396 g/mol. The van der Waals surface area contributed by atoms with Crippen LogP contribution < -0.4 is 16.0 Å². The van der Waals surface area contributed by atoms with Crippen LogP contribution >= 0.6 is 11.6 Å². The van der Waals surface area contributed by atoms with Crippen LogP contribution in [0.4, 0.5) is 17.6 Å². The molecular formula is C19H18ClN7O. The van der Waals surface area contributed by atoms with Crippen LogP contribution in [-0.2, 0) is 0 Å². The van der Waals surface area contributed by atoms with E-state index in [2.05, 4.69) is 35.9 Å². The Balaban J connectivity index is 1.60. The zero-order chi connectivity index (χ0) is 19.5. The molecule has 1 aliphatic rings. The molecule has 3 N–H and O–H groups in total. The molecule has 1 aliphatic carbocycles. The normalized spacial score (nSPS) is 13.1. The third-order valence-electron chi connectivity index (χ3n) is 4.10. The van der Waals surface area contributed by atoms with Gasteiger partial charge in [-0.2, -0.15) is 15.0 Å². The van der Waals surface area contributed by atoms with E-state index in [0.717, 1.165) is 12.8 Å². The number of benzene rings is 1. The van der Waals surface area contributed by atoms with Gasteiger partial charge in [0.2, 0.25) is 11.9 Å². The molecule has 2 heterocycles. The Morgan fingerprint density at radius 2 is 1.82 bits per heavy atom. The number of hydrogen-bond acceptors (Lipinski definition) is 7. The van der Waals surface area contributed by atoms with E-state index in [1.54, 1.807) is 37.4 Å². The summed E-state index contributed by atoms with van der Waals surface area (Å²) in [5.41, 5.74) is 1.81.